The van der Waals surface area contributed by atoms with Crippen molar-refractivity contribution in [3.8, 4) is 11.1 Å². The lowest BCUT2D eigenvalue weighted by Crippen LogP contribution is -2.50. The Bertz CT molecular complexity index is 947. The lowest BCUT2D eigenvalue weighted by Gasteiger charge is -2.35. The van der Waals surface area contributed by atoms with Gasteiger partial charge in [0.2, 0.25) is 5.91 Å². The Morgan fingerprint density at radius 3 is 2.52 bits per heavy atom. The van der Waals surface area contributed by atoms with Gasteiger partial charge >= 0.3 is 0 Å². The fourth-order valence-corrected chi connectivity index (χ4v) is 4.89. The monoisotopic (exact) mass is 411 g/mol. The number of benzene rings is 2. The second kappa shape index (κ2) is 7.92. The zero-order valence-electron chi connectivity index (χ0n) is 16.8. The number of amides is 1. The van der Waals surface area contributed by atoms with Crippen LogP contribution in [-0.4, -0.2) is 29.9 Å². The van der Waals surface area contributed by atoms with Crippen LogP contribution in [0.2, 0.25) is 5.02 Å². The summed E-state index contributed by atoms with van der Waals surface area (Å²) < 4.78 is 5.72. The third-order valence-corrected chi connectivity index (χ3v) is 6.53. The van der Waals surface area contributed by atoms with Gasteiger partial charge in [0.05, 0.1) is 11.6 Å². The molecular formula is C24H26ClNO3. The molecule has 4 rings (SSSR count). The Balaban J connectivity index is 1.64. The molecule has 1 N–H and O–H groups in total. The molecule has 2 aromatic rings. The maximum absolute atomic E-state index is 13.5. The summed E-state index contributed by atoms with van der Waals surface area (Å²) >= 11 is 6.14. The molecule has 1 saturated heterocycles. The molecule has 1 atom stereocenters. The molecule has 1 aliphatic carbocycles. The average molecular weight is 412 g/mol. The van der Waals surface area contributed by atoms with Crippen molar-refractivity contribution in [1.29, 1.82) is 0 Å². The van der Waals surface area contributed by atoms with Crippen molar-refractivity contribution < 1.29 is 14.3 Å². The van der Waals surface area contributed by atoms with Gasteiger partial charge in [0.15, 0.2) is 5.78 Å². The number of nitrogens with one attached hydrogen (secondary N) is 1. The minimum atomic E-state index is -0.752. The molecule has 1 saturated carbocycles. The molecule has 1 spiro atoms. The molecule has 2 aromatic carbocycles. The zero-order valence-corrected chi connectivity index (χ0v) is 17.6. The first kappa shape index (κ1) is 20.1. The summed E-state index contributed by atoms with van der Waals surface area (Å²) in [7, 11) is 0. The van der Waals surface area contributed by atoms with Gasteiger partial charge in [0.1, 0.15) is 5.92 Å². The minimum Gasteiger partial charge on any atom is -0.379 e. The predicted molar refractivity (Wildman–Crippen MR) is 114 cm³/mol. The van der Waals surface area contributed by atoms with Crippen LogP contribution in [0.25, 0.3) is 11.1 Å². The third kappa shape index (κ3) is 3.72. The number of aryl methyl sites for hydroxylation is 1. The number of carbonyl (C=O) groups is 2. The van der Waals surface area contributed by atoms with Gasteiger partial charge in [-0.1, -0.05) is 35.9 Å². The molecule has 0 radical (unpaired) electrons. The summed E-state index contributed by atoms with van der Waals surface area (Å²) in [5, 5.41) is 3.72. The van der Waals surface area contributed by atoms with E-state index in [-0.39, 0.29) is 17.8 Å². The van der Waals surface area contributed by atoms with E-state index in [1.54, 1.807) is 0 Å². The van der Waals surface area contributed by atoms with Gasteiger partial charge in [-0.05, 0) is 80.0 Å². The maximum Gasteiger partial charge on any atom is 0.235 e. The zero-order chi connectivity index (χ0) is 20.6. The first-order valence-electron chi connectivity index (χ1n) is 10.3. The Labute approximate surface area is 176 Å². The quantitative estimate of drug-likeness (QED) is 0.734. The van der Waals surface area contributed by atoms with Gasteiger partial charge < -0.3 is 10.1 Å². The van der Waals surface area contributed by atoms with Gasteiger partial charge in [-0.2, -0.15) is 0 Å². The highest BCUT2D eigenvalue weighted by molar-refractivity contribution is 6.30. The van der Waals surface area contributed by atoms with Crippen LogP contribution >= 0.6 is 11.6 Å². The van der Waals surface area contributed by atoms with E-state index in [2.05, 4.69) is 5.32 Å². The van der Waals surface area contributed by atoms with Crippen molar-refractivity contribution in [2.45, 2.75) is 57.1 Å². The molecule has 0 aromatic heterocycles. The summed E-state index contributed by atoms with van der Waals surface area (Å²) in [6.45, 7) is 4.61. The normalized spacial score (nSPS) is 26.7. The van der Waals surface area contributed by atoms with Gasteiger partial charge in [-0.3, -0.25) is 9.59 Å². The first-order valence-corrected chi connectivity index (χ1v) is 10.7. The van der Waals surface area contributed by atoms with E-state index in [4.69, 9.17) is 16.3 Å². The van der Waals surface area contributed by atoms with E-state index >= 15 is 0 Å². The summed E-state index contributed by atoms with van der Waals surface area (Å²) in [5.41, 5.74) is 2.91. The summed E-state index contributed by atoms with van der Waals surface area (Å²) in [6, 6.07) is 13.5. The van der Waals surface area contributed by atoms with Crippen LogP contribution in [0, 0.1) is 6.92 Å². The van der Waals surface area contributed by atoms with Gasteiger partial charge in [-0.25, -0.2) is 0 Å². The molecule has 1 unspecified atom stereocenters. The highest BCUT2D eigenvalue weighted by atomic mass is 35.5. The molecule has 1 heterocycles. The maximum atomic E-state index is 13.5. The van der Waals surface area contributed by atoms with Crippen LogP contribution in [-0.2, 0) is 14.3 Å². The van der Waals surface area contributed by atoms with Crippen LogP contribution in [0.3, 0.4) is 0 Å². The van der Waals surface area contributed by atoms with Crippen molar-refractivity contribution in [3.05, 3.63) is 58.6 Å². The van der Waals surface area contributed by atoms with Crippen LogP contribution in [0.4, 0.5) is 0 Å². The molecule has 4 nitrogen and oxygen atoms in total. The van der Waals surface area contributed by atoms with E-state index in [1.165, 1.54) is 0 Å². The van der Waals surface area contributed by atoms with E-state index in [0.29, 0.717) is 24.5 Å². The summed E-state index contributed by atoms with van der Waals surface area (Å²) in [5.74, 6) is -0.933. The number of rotatable bonds is 4. The van der Waals surface area contributed by atoms with Crippen molar-refractivity contribution in [1.82, 2.24) is 5.32 Å². The Morgan fingerprint density at radius 2 is 1.83 bits per heavy atom. The van der Waals surface area contributed by atoms with Crippen molar-refractivity contribution in [3.63, 3.8) is 0 Å². The Hall–Kier alpha value is -2.17. The second-order valence-corrected chi connectivity index (χ2v) is 8.54. The van der Waals surface area contributed by atoms with Gasteiger partial charge in [0, 0.05) is 11.6 Å². The molecule has 1 aliphatic heterocycles. The summed E-state index contributed by atoms with van der Waals surface area (Å²) in [6.07, 6.45) is 3.07. The SMILES string of the molecule is CCOC1CCC2(CC1)NC(=O)C(c1cc(-c3cccc(Cl)c3)ccc1C)C2=O. The molecule has 2 fully saturated rings. The van der Waals surface area contributed by atoms with Crippen LogP contribution in [0.5, 0.6) is 0 Å². The van der Waals surface area contributed by atoms with Crippen LogP contribution < -0.4 is 5.32 Å². The first-order chi connectivity index (χ1) is 13.9. The van der Waals surface area contributed by atoms with Crippen molar-refractivity contribution >= 4 is 23.3 Å². The highest BCUT2D eigenvalue weighted by Gasteiger charge is 2.54. The smallest absolute Gasteiger partial charge is 0.235 e. The number of hydrogen-bond donors (Lipinski definition) is 1. The number of halogens is 1. The van der Waals surface area contributed by atoms with E-state index < -0.39 is 11.5 Å². The van der Waals surface area contributed by atoms with Crippen LogP contribution in [0.1, 0.15) is 49.7 Å². The van der Waals surface area contributed by atoms with Crippen LogP contribution in [0.15, 0.2) is 42.5 Å². The number of Topliss-reactive ketones (excluding diaryl/α,β-unsaturated/α-hetero) is 1. The Kier molecular flexibility index (Phi) is 5.50. The fraction of sp³-hybridized carbons (Fsp3) is 0.417. The molecular weight excluding hydrogens is 386 g/mol. The van der Waals surface area contributed by atoms with Crippen molar-refractivity contribution in [2.24, 2.45) is 0 Å². The van der Waals surface area contributed by atoms with Crippen molar-refractivity contribution in [2.75, 3.05) is 6.61 Å². The molecule has 5 heteroatoms. The number of ketones is 1. The lowest BCUT2D eigenvalue weighted by atomic mass is 9.75. The molecule has 1 amide bonds. The highest BCUT2D eigenvalue weighted by Crippen LogP contribution is 2.41. The predicted octanol–water partition coefficient (Wildman–Crippen LogP) is 4.82. The summed E-state index contributed by atoms with van der Waals surface area (Å²) in [4.78, 5) is 26.4. The molecule has 29 heavy (non-hydrogen) atoms. The van der Waals surface area contributed by atoms with Gasteiger partial charge in [0.25, 0.3) is 0 Å². The third-order valence-electron chi connectivity index (χ3n) is 6.30. The molecule has 0 bridgehead atoms. The molecule has 2 aliphatic rings. The minimum absolute atomic E-state index is 0.00351. The number of hydrogen-bond acceptors (Lipinski definition) is 3. The number of ether oxygens (including phenoxy) is 1. The fourth-order valence-electron chi connectivity index (χ4n) is 4.70. The number of carbonyl (C=O) groups excluding carboxylic acids is 2. The van der Waals surface area contributed by atoms with E-state index in [0.717, 1.165) is 35.1 Å². The average Bonchev–Trinajstić information content (AvgIpc) is 2.94. The van der Waals surface area contributed by atoms with E-state index in [9.17, 15) is 9.59 Å². The lowest BCUT2D eigenvalue weighted by molar-refractivity contribution is -0.126. The largest absolute Gasteiger partial charge is 0.379 e. The molecule has 152 valence electrons. The standard InChI is InChI=1S/C24H26ClNO3/c1-3-29-19-9-11-24(12-10-19)22(27)21(23(28)26-24)20-14-17(8-7-15(20)2)16-5-4-6-18(25)13-16/h4-8,13-14,19,21H,3,9-12H2,1-2H3,(H,26,28). The van der Waals surface area contributed by atoms with E-state index in [1.807, 2.05) is 56.3 Å². The second-order valence-electron chi connectivity index (χ2n) is 8.11. The Morgan fingerprint density at radius 1 is 1.10 bits per heavy atom. The van der Waals surface area contributed by atoms with Gasteiger partial charge in [-0.15, -0.1) is 0 Å². The topological polar surface area (TPSA) is 55.4 Å².